The molecule has 1 aromatic carbocycles. The molecular weight excluding hydrogens is 397 g/mol. The number of hydrogen-bond donors (Lipinski definition) is 2. The molecular formula is C17H15F3N4O3S. The van der Waals surface area contributed by atoms with E-state index in [4.69, 9.17) is 0 Å². The molecule has 0 atom stereocenters. The zero-order valence-corrected chi connectivity index (χ0v) is 15.2. The Hall–Kier alpha value is -2.95. The number of imide groups is 1. The number of halogens is 3. The zero-order valence-electron chi connectivity index (χ0n) is 14.4. The number of nitrogens with zero attached hydrogens (tertiary/aromatic N) is 2. The van der Waals surface area contributed by atoms with Crippen LogP contribution in [0.25, 0.3) is 10.6 Å². The van der Waals surface area contributed by atoms with E-state index >= 15 is 0 Å². The van der Waals surface area contributed by atoms with E-state index in [9.17, 15) is 27.6 Å². The summed E-state index contributed by atoms with van der Waals surface area (Å²) in [5.74, 6) is -0.725. The smallest absolute Gasteiger partial charge is 0.354 e. The van der Waals surface area contributed by atoms with Gasteiger partial charge in [0.25, 0.3) is 0 Å². The van der Waals surface area contributed by atoms with E-state index in [0.29, 0.717) is 16.3 Å². The van der Waals surface area contributed by atoms with Crippen molar-refractivity contribution >= 4 is 29.2 Å². The fourth-order valence-electron chi connectivity index (χ4n) is 2.57. The van der Waals surface area contributed by atoms with E-state index in [1.165, 1.54) is 12.1 Å². The summed E-state index contributed by atoms with van der Waals surface area (Å²) >= 11 is 1.14. The number of rotatable bonds is 6. The van der Waals surface area contributed by atoms with Gasteiger partial charge in [-0.2, -0.15) is 13.2 Å². The van der Waals surface area contributed by atoms with Gasteiger partial charge in [-0.3, -0.25) is 14.5 Å². The second kappa shape index (κ2) is 7.97. The highest BCUT2D eigenvalue weighted by atomic mass is 32.1. The third kappa shape index (κ3) is 4.66. The molecule has 0 saturated carbocycles. The number of alkyl halides is 3. The van der Waals surface area contributed by atoms with Gasteiger partial charge < -0.3 is 10.6 Å². The fraction of sp³-hybridized carbons (Fsp3) is 0.294. The maximum absolute atomic E-state index is 12.8. The van der Waals surface area contributed by atoms with Crippen LogP contribution >= 0.6 is 11.3 Å². The Morgan fingerprint density at radius 3 is 2.79 bits per heavy atom. The number of carbonyl (C=O) groups is 3. The summed E-state index contributed by atoms with van der Waals surface area (Å²) in [6.45, 7) is 0.107. The first-order chi connectivity index (χ1) is 13.2. The Labute approximate surface area is 161 Å². The van der Waals surface area contributed by atoms with Crippen LogP contribution in [0.15, 0.2) is 29.6 Å². The van der Waals surface area contributed by atoms with E-state index in [1.54, 1.807) is 5.38 Å². The predicted molar refractivity (Wildman–Crippen MR) is 94.4 cm³/mol. The molecule has 1 fully saturated rings. The molecule has 0 aliphatic carbocycles. The maximum Gasteiger partial charge on any atom is 0.416 e. The highest BCUT2D eigenvalue weighted by Gasteiger charge is 2.30. The first-order valence-electron chi connectivity index (χ1n) is 8.21. The van der Waals surface area contributed by atoms with Crippen LogP contribution in [0.4, 0.5) is 18.0 Å². The first kappa shape index (κ1) is 19.8. The van der Waals surface area contributed by atoms with E-state index in [-0.39, 0.29) is 37.9 Å². The minimum atomic E-state index is -4.44. The van der Waals surface area contributed by atoms with Crippen LogP contribution in [0.3, 0.4) is 0 Å². The van der Waals surface area contributed by atoms with Crippen molar-refractivity contribution in [3.63, 3.8) is 0 Å². The molecule has 1 aliphatic heterocycles. The van der Waals surface area contributed by atoms with Crippen molar-refractivity contribution in [2.24, 2.45) is 0 Å². The van der Waals surface area contributed by atoms with Crippen LogP contribution < -0.4 is 10.6 Å². The van der Waals surface area contributed by atoms with Gasteiger partial charge in [0.15, 0.2) is 0 Å². The van der Waals surface area contributed by atoms with Gasteiger partial charge in [-0.25, -0.2) is 9.78 Å². The maximum atomic E-state index is 12.8. The van der Waals surface area contributed by atoms with E-state index in [1.807, 2.05) is 0 Å². The molecule has 7 nitrogen and oxygen atoms in total. The van der Waals surface area contributed by atoms with Crippen molar-refractivity contribution < 1.29 is 27.6 Å². The number of amides is 4. The van der Waals surface area contributed by atoms with Gasteiger partial charge in [-0.05, 0) is 12.1 Å². The second-order valence-corrected chi connectivity index (χ2v) is 6.81. The molecule has 1 saturated heterocycles. The van der Waals surface area contributed by atoms with Crippen molar-refractivity contribution in [3.8, 4) is 10.6 Å². The highest BCUT2D eigenvalue weighted by molar-refractivity contribution is 7.13. The van der Waals surface area contributed by atoms with Gasteiger partial charge in [0.05, 0.1) is 24.2 Å². The molecule has 0 spiro atoms. The number of benzene rings is 1. The first-order valence-corrected chi connectivity index (χ1v) is 9.09. The molecule has 11 heteroatoms. The average Bonchev–Trinajstić information content (AvgIpc) is 3.22. The SMILES string of the molecule is O=C(Cc1csc(-c2cccc(C(F)(F)F)c2)n1)NCCN1C(=O)CNC1=O. The molecule has 3 rings (SSSR count). The normalized spacial score (nSPS) is 14.3. The summed E-state index contributed by atoms with van der Waals surface area (Å²) in [6, 6.07) is 4.33. The van der Waals surface area contributed by atoms with Gasteiger partial charge in [0.1, 0.15) is 5.01 Å². The number of aromatic nitrogens is 1. The Kier molecular flexibility index (Phi) is 5.63. The molecule has 2 N–H and O–H groups in total. The number of nitrogens with one attached hydrogen (secondary N) is 2. The molecule has 0 unspecified atom stereocenters. The quantitative estimate of drug-likeness (QED) is 0.711. The van der Waals surface area contributed by atoms with Gasteiger partial charge in [0.2, 0.25) is 11.8 Å². The minimum absolute atomic E-state index is 0.0517. The van der Waals surface area contributed by atoms with Crippen molar-refractivity contribution in [2.75, 3.05) is 19.6 Å². The van der Waals surface area contributed by atoms with E-state index < -0.39 is 17.8 Å². The van der Waals surface area contributed by atoms with Crippen LogP contribution in [-0.2, 0) is 22.2 Å². The lowest BCUT2D eigenvalue weighted by Crippen LogP contribution is -2.39. The molecule has 2 aromatic rings. The van der Waals surface area contributed by atoms with Crippen molar-refractivity contribution in [2.45, 2.75) is 12.6 Å². The summed E-state index contributed by atoms with van der Waals surface area (Å²) in [5, 5.41) is 6.94. The monoisotopic (exact) mass is 412 g/mol. The van der Waals surface area contributed by atoms with Crippen molar-refractivity contribution in [1.29, 1.82) is 0 Å². The Morgan fingerprint density at radius 1 is 1.32 bits per heavy atom. The Balaban J connectivity index is 1.55. The molecule has 1 aliphatic rings. The van der Waals surface area contributed by atoms with Gasteiger partial charge in [-0.1, -0.05) is 12.1 Å². The lowest BCUT2D eigenvalue weighted by molar-refractivity contribution is -0.137. The van der Waals surface area contributed by atoms with Crippen LogP contribution in [0.1, 0.15) is 11.3 Å². The third-order valence-corrected chi connectivity index (χ3v) is 4.87. The summed E-state index contributed by atoms with van der Waals surface area (Å²) in [6.07, 6.45) is -4.50. The minimum Gasteiger partial charge on any atom is -0.354 e. The van der Waals surface area contributed by atoms with Gasteiger partial charge >= 0.3 is 12.2 Å². The zero-order chi connectivity index (χ0) is 20.3. The van der Waals surface area contributed by atoms with Gasteiger partial charge in [-0.15, -0.1) is 11.3 Å². The third-order valence-electron chi connectivity index (χ3n) is 3.92. The molecule has 1 aromatic heterocycles. The number of urea groups is 1. The van der Waals surface area contributed by atoms with Crippen molar-refractivity contribution in [3.05, 3.63) is 40.9 Å². The van der Waals surface area contributed by atoms with Crippen LogP contribution in [-0.4, -0.2) is 47.4 Å². The van der Waals surface area contributed by atoms with Crippen LogP contribution in [0, 0.1) is 0 Å². The van der Waals surface area contributed by atoms with Gasteiger partial charge in [0, 0.05) is 24.0 Å². The second-order valence-electron chi connectivity index (χ2n) is 5.95. The highest BCUT2D eigenvalue weighted by Crippen LogP contribution is 2.33. The predicted octanol–water partition coefficient (Wildman–Crippen LogP) is 2.04. The van der Waals surface area contributed by atoms with Crippen molar-refractivity contribution in [1.82, 2.24) is 20.5 Å². The average molecular weight is 412 g/mol. The topological polar surface area (TPSA) is 91.4 Å². The molecule has 28 heavy (non-hydrogen) atoms. The Bertz CT molecular complexity index is 897. The lowest BCUT2D eigenvalue weighted by atomic mass is 10.1. The number of hydrogen-bond acceptors (Lipinski definition) is 5. The Morgan fingerprint density at radius 2 is 2.11 bits per heavy atom. The van der Waals surface area contributed by atoms with Crippen LogP contribution in [0.5, 0.6) is 0 Å². The summed E-state index contributed by atoms with van der Waals surface area (Å²) < 4.78 is 38.5. The standard InChI is InChI=1S/C17H15F3N4O3S/c18-17(19,20)11-3-1-2-10(6-11)15-23-12(9-28-15)7-13(25)21-4-5-24-14(26)8-22-16(24)27/h1-3,6,9H,4-5,7-8H2,(H,21,25)(H,22,27). The number of thiazole rings is 1. The molecule has 2 heterocycles. The van der Waals surface area contributed by atoms with E-state index in [0.717, 1.165) is 28.4 Å². The molecule has 0 radical (unpaired) electrons. The van der Waals surface area contributed by atoms with E-state index in [2.05, 4.69) is 15.6 Å². The summed E-state index contributed by atoms with van der Waals surface area (Å²) in [5.41, 5.74) is -0.0186. The number of carbonyl (C=O) groups excluding carboxylic acids is 3. The summed E-state index contributed by atoms with van der Waals surface area (Å²) in [4.78, 5) is 40.0. The lowest BCUT2D eigenvalue weighted by Gasteiger charge is -2.12. The largest absolute Gasteiger partial charge is 0.416 e. The van der Waals surface area contributed by atoms with Crippen LogP contribution in [0.2, 0.25) is 0 Å². The molecule has 0 bridgehead atoms. The summed E-state index contributed by atoms with van der Waals surface area (Å²) in [7, 11) is 0. The molecule has 148 valence electrons. The molecule has 4 amide bonds. The fourth-order valence-corrected chi connectivity index (χ4v) is 3.38.